The van der Waals surface area contributed by atoms with Crippen molar-refractivity contribution in [3.63, 3.8) is 0 Å². The van der Waals surface area contributed by atoms with E-state index in [4.69, 9.17) is 14.8 Å². The van der Waals surface area contributed by atoms with Gasteiger partial charge in [-0.25, -0.2) is 4.21 Å². The van der Waals surface area contributed by atoms with Gasteiger partial charge in [-0.15, -0.1) is 0 Å². The highest BCUT2D eigenvalue weighted by atomic mass is 32.2. The third kappa shape index (κ3) is 7.37. The van der Waals surface area contributed by atoms with Crippen LogP contribution < -0.4 is 0 Å². The Morgan fingerprint density at radius 1 is 1.15 bits per heavy atom. The summed E-state index contributed by atoms with van der Waals surface area (Å²) in [7, 11) is 0. The van der Waals surface area contributed by atoms with Crippen molar-refractivity contribution in [3.05, 3.63) is 0 Å². The second-order valence-electron chi connectivity index (χ2n) is 2.23. The zero-order chi connectivity index (χ0) is 10.4. The van der Waals surface area contributed by atoms with E-state index >= 15 is 0 Å². The SMILES string of the molecule is O=C(O)CN(CC(=O)O)CS(=O)O. The number of hydrogen-bond donors (Lipinski definition) is 3. The lowest BCUT2D eigenvalue weighted by molar-refractivity contribution is -0.141. The summed E-state index contributed by atoms with van der Waals surface area (Å²) in [6.07, 6.45) is 0. The van der Waals surface area contributed by atoms with Crippen molar-refractivity contribution in [1.82, 2.24) is 4.90 Å². The summed E-state index contributed by atoms with van der Waals surface area (Å²) in [6.45, 7) is -1.14. The Hall–Kier alpha value is -0.990. The number of carboxylic acid groups (broad SMARTS) is 2. The molecule has 1 atom stereocenters. The molecular formula is C5H9NO6S. The van der Waals surface area contributed by atoms with Gasteiger partial charge in [0, 0.05) is 0 Å². The molecule has 0 saturated heterocycles. The van der Waals surface area contributed by atoms with Crippen LogP contribution in [0.2, 0.25) is 0 Å². The zero-order valence-corrected chi connectivity index (χ0v) is 7.36. The monoisotopic (exact) mass is 211 g/mol. The van der Waals surface area contributed by atoms with E-state index in [1.54, 1.807) is 0 Å². The van der Waals surface area contributed by atoms with E-state index in [0.717, 1.165) is 4.90 Å². The van der Waals surface area contributed by atoms with E-state index in [2.05, 4.69) is 0 Å². The number of nitrogens with zero attached hydrogens (tertiary/aromatic N) is 1. The topological polar surface area (TPSA) is 115 Å². The van der Waals surface area contributed by atoms with Gasteiger partial charge in [0.05, 0.1) is 13.1 Å². The van der Waals surface area contributed by atoms with E-state index < -0.39 is 42.0 Å². The second-order valence-corrected chi connectivity index (χ2v) is 3.13. The summed E-state index contributed by atoms with van der Waals surface area (Å²) in [5, 5.41) is 16.6. The fourth-order valence-electron chi connectivity index (χ4n) is 0.686. The molecular weight excluding hydrogens is 202 g/mol. The minimum Gasteiger partial charge on any atom is -0.480 e. The molecule has 0 aliphatic rings. The van der Waals surface area contributed by atoms with Crippen molar-refractivity contribution in [2.75, 3.05) is 19.0 Å². The van der Waals surface area contributed by atoms with Gasteiger partial charge in [-0.1, -0.05) is 0 Å². The van der Waals surface area contributed by atoms with Crippen LogP contribution in [0, 0.1) is 0 Å². The number of rotatable bonds is 6. The number of hydrogen-bond acceptors (Lipinski definition) is 4. The number of carbonyl (C=O) groups is 2. The number of aliphatic carboxylic acids is 2. The van der Waals surface area contributed by atoms with E-state index in [1.807, 2.05) is 0 Å². The molecule has 0 bridgehead atoms. The van der Waals surface area contributed by atoms with Crippen molar-refractivity contribution in [2.24, 2.45) is 0 Å². The fraction of sp³-hybridized carbons (Fsp3) is 0.600. The van der Waals surface area contributed by atoms with Crippen LogP contribution in [0.4, 0.5) is 0 Å². The van der Waals surface area contributed by atoms with E-state index in [1.165, 1.54) is 0 Å². The van der Waals surface area contributed by atoms with Gasteiger partial charge in [0.2, 0.25) is 0 Å². The molecule has 0 heterocycles. The summed E-state index contributed by atoms with van der Waals surface area (Å²) >= 11 is -2.23. The molecule has 8 heteroatoms. The zero-order valence-electron chi connectivity index (χ0n) is 6.54. The van der Waals surface area contributed by atoms with Crippen LogP contribution in [-0.4, -0.2) is 54.8 Å². The lowest BCUT2D eigenvalue weighted by atomic mass is 10.5. The van der Waals surface area contributed by atoms with Gasteiger partial charge in [0.15, 0.2) is 11.1 Å². The van der Waals surface area contributed by atoms with Crippen LogP contribution in [-0.2, 0) is 20.7 Å². The predicted octanol–water partition coefficient (Wildman–Crippen LogP) is -1.36. The van der Waals surface area contributed by atoms with Crippen LogP contribution in [0.25, 0.3) is 0 Å². The molecule has 0 aromatic heterocycles. The van der Waals surface area contributed by atoms with Crippen molar-refractivity contribution in [1.29, 1.82) is 0 Å². The van der Waals surface area contributed by atoms with Gasteiger partial charge in [-0.3, -0.25) is 14.5 Å². The molecule has 0 aromatic rings. The molecule has 0 aliphatic carbocycles. The molecule has 0 fully saturated rings. The lowest BCUT2D eigenvalue weighted by Crippen LogP contribution is -2.36. The van der Waals surface area contributed by atoms with Crippen LogP contribution >= 0.6 is 0 Å². The third-order valence-corrected chi connectivity index (χ3v) is 1.60. The molecule has 3 N–H and O–H groups in total. The van der Waals surface area contributed by atoms with Crippen LogP contribution in [0.5, 0.6) is 0 Å². The Morgan fingerprint density at radius 2 is 1.54 bits per heavy atom. The maximum absolute atomic E-state index is 10.3. The predicted molar refractivity (Wildman–Crippen MR) is 42.5 cm³/mol. The molecule has 0 saturated carbocycles. The largest absolute Gasteiger partial charge is 0.480 e. The summed E-state index contributed by atoms with van der Waals surface area (Å²) in [6, 6.07) is 0. The summed E-state index contributed by atoms with van der Waals surface area (Å²) in [5.74, 6) is -2.98. The first kappa shape index (κ1) is 12.0. The highest BCUT2D eigenvalue weighted by Crippen LogP contribution is 1.90. The molecule has 1 unspecified atom stereocenters. The smallest absolute Gasteiger partial charge is 0.317 e. The molecule has 0 spiro atoms. The first-order valence-corrected chi connectivity index (χ1v) is 4.42. The minimum absolute atomic E-state index is 0.488. The minimum atomic E-state index is -2.23. The third-order valence-electron chi connectivity index (χ3n) is 1.01. The standard InChI is InChI=1S/C5H9NO6S/c7-4(8)1-6(2-5(9)10)3-13(11)12/h1-3H2,(H,7,8)(H,9,10)(H,11,12). The van der Waals surface area contributed by atoms with Gasteiger partial charge in [0.25, 0.3) is 0 Å². The molecule has 7 nitrogen and oxygen atoms in total. The van der Waals surface area contributed by atoms with Gasteiger partial charge in [-0.05, 0) is 0 Å². The fourth-order valence-corrected chi connectivity index (χ4v) is 1.18. The highest BCUT2D eigenvalue weighted by Gasteiger charge is 2.14. The Bertz CT molecular complexity index is 191. The van der Waals surface area contributed by atoms with Crippen LogP contribution in [0.3, 0.4) is 0 Å². The maximum Gasteiger partial charge on any atom is 0.317 e. The molecule has 13 heavy (non-hydrogen) atoms. The van der Waals surface area contributed by atoms with Crippen molar-refractivity contribution in [2.45, 2.75) is 0 Å². The average molecular weight is 211 g/mol. The Balaban J connectivity index is 4.10. The van der Waals surface area contributed by atoms with Crippen molar-refractivity contribution in [3.8, 4) is 0 Å². The Morgan fingerprint density at radius 3 is 1.77 bits per heavy atom. The molecule has 0 amide bonds. The van der Waals surface area contributed by atoms with Gasteiger partial charge >= 0.3 is 11.9 Å². The quantitative estimate of drug-likeness (QED) is 0.464. The van der Waals surface area contributed by atoms with Crippen LogP contribution in [0.1, 0.15) is 0 Å². The Kier molecular flexibility index (Phi) is 5.19. The number of carboxylic acids is 2. The molecule has 0 radical (unpaired) electrons. The average Bonchev–Trinajstić information content (AvgIpc) is 1.80. The van der Waals surface area contributed by atoms with Crippen molar-refractivity contribution < 1.29 is 28.6 Å². The van der Waals surface area contributed by atoms with E-state index in [-0.39, 0.29) is 0 Å². The molecule has 0 aliphatic heterocycles. The maximum atomic E-state index is 10.3. The molecule has 0 aromatic carbocycles. The Labute approximate surface area is 76.2 Å². The highest BCUT2D eigenvalue weighted by molar-refractivity contribution is 7.79. The lowest BCUT2D eigenvalue weighted by Gasteiger charge is -2.14. The first-order chi connectivity index (χ1) is 5.91. The van der Waals surface area contributed by atoms with Gasteiger partial charge < -0.3 is 14.8 Å². The summed E-state index contributed by atoms with van der Waals surface area (Å²) < 4.78 is 18.6. The van der Waals surface area contributed by atoms with Crippen molar-refractivity contribution >= 4 is 23.0 Å². The summed E-state index contributed by atoms with van der Waals surface area (Å²) in [5.41, 5.74) is 0. The second kappa shape index (κ2) is 5.62. The molecule has 76 valence electrons. The normalized spacial score (nSPS) is 12.8. The van der Waals surface area contributed by atoms with Gasteiger partial charge in [-0.2, -0.15) is 0 Å². The van der Waals surface area contributed by atoms with E-state index in [0.29, 0.717) is 0 Å². The van der Waals surface area contributed by atoms with E-state index in [9.17, 15) is 13.8 Å². The van der Waals surface area contributed by atoms with Gasteiger partial charge in [0.1, 0.15) is 5.88 Å². The summed E-state index contributed by atoms with van der Waals surface area (Å²) in [4.78, 5) is 21.2. The first-order valence-electron chi connectivity index (χ1n) is 3.15. The van der Waals surface area contributed by atoms with Crippen LogP contribution in [0.15, 0.2) is 0 Å². The molecule has 0 rings (SSSR count).